The summed E-state index contributed by atoms with van der Waals surface area (Å²) in [4.78, 5) is 20.3. The summed E-state index contributed by atoms with van der Waals surface area (Å²) in [6.45, 7) is 3.29. The van der Waals surface area contributed by atoms with E-state index < -0.39 is 11.7 Å². The highest BCUT2D eigenvalue weighted by atomic mass is 19.1. The van der Waals surface area contributed by atoms with Gasteiger partial charge in [0.15, 0.2) is 11.6 Å². The third kappa shape index (κ3) is 4.82. The smallest absolute Gasteiger partial charge is 0.250 e. The minimum Gasteiger partial charge on any atom is -0.384 e. The second kappa shape index (κ2) is 9.46. The van der Waals surface area contributed by atoms with Crippen LogP contribution >= 0.6 is 0 Å². The molecule has 0 aliphatic carbocycles. The summed E-state index contributed by atoms with van der Waals surface area (Å²) < 4.78 is 21.4. The summed E-state index contributed by atoms with van der Waals surface area (Å²) in [6, 6.07) is 14.8. The molecule has 10 heteroatoms. The molecule has 2 aromatic carbocycles. The van der Waals surface area contributed by atoms with Crippen molar-refractivity contribution < 1.29 is 13.9 Å². The number of epoxide rings is 1. The second-order valence-corrected chi connectivity index (χ2v) is 7.95. The summed E-state index contributed by atoms with van der Waals surface area (Å²) >= 11 is 0. The number of hydrogen-bond acceptors (Lipinski definition) is 7. The van der Waals surface area contributed by atoms with Crippen LogP contribution in [0.5, 0.6) is 0 Å². The lowest BCUT2D eigenvalue weighted by molar-refractivity contribution is 0.100. The Kier molecular flexibility index (Phi) is 6.07. The van der Waals surface area contributed by atoms with Crippen molar-refractivity contribution in [2.75, 3.05) is 36.9 Å². The molecule has 34 heavy (non-hydrogen) atoms. The Bertz CT molecular complexity index is 1340. The number of anilines is 3. The third-order valence-corrected chi connectivity index (χ3v) is 5.46. The van der Waals surface area contributed by atoms with Gasteiger partial charge in [-0.1, -0.05) is 24.3 Å². The number of nitrogens with one attached hydrogen (secondary N) is 3. The maximum Gasteiger partial charge on any atom is 0.250 e. The number of fused-ring (bicyclic) bond motifs is 1. The molecular formula is C24H24FN7O2. The lowest BCUT2D eigenvalue weighted by Gasteiger charge is -2.11. The van der Waals surface area contributed by atoms with E-state index in [0.717, 1.165) is 43.8 Å². The van der Waals surface area contributed by atoms with Gasteiger partial charge in [0.05, 0.1) is 30.0 Å². The highest BCUT2D eigenvalue weighted by Crippen LogP contribution is 2.26. The number of carbonyl (C=O) groups excluding carboxylic acids is 1. The molecule has 5 N–H and O–H groups in total. The van der Waals surface area contributed by atoms with Crippen LogP contribution in [0.4, 0.5) is 21.7 Å². The first-order valence-corrected chi connectivity index (χ1v) is 10.9. The molecule has 1 aliphatic heterocycles. The van der Waals surface area contributed by atoms with Crippen LogP contribution in [-0.4, -0.2) is 52.8 Å². The number of primary amides is 1. The van der Waals surface area contributed by atoms with Crippen molar-refractivity contribution >= 4 is 34.1 Å². The molecule has 1 aliphatic rings. The van der Waals surface area contributed by atoms with E-state index in [1.165, 1.54) is 10.8 Å². The van der Waals surface area contributed by atoms with E-state index in [-0.39, 0.29) is 11.8 Å². The van der Waals surface area contributed by atoms with Crippen molar-refractivity contribution in [1.29, 1.82) is 0 Å². The standard InChI is InChI=1S/C24H24FN7O2/c25-20-12-29-24(30-16-5-3-4-15(10-16)28-9-8-27-11-17-14-34-17)31-23(20)32-13-19(22(26)33)18-6-1-2-7-21(18)32/h1-7,10,12-13,17,27-28H,8-9,11,14H2,(H2,26,33)(H,29,30,31). The predicted molar refractivity (Wildman–Crippen MR) is 128 cm³/mol. The van der Waals surface area contributed by atoms with Gasteiger partial charge in [0, 0.05) is 42.6 Å². The number of amides is 1. The van der Waals surface area contributed by atoms with Gasteiger partial charge in [-0.05, 0) is 24.3 Å². The van der Waals surface area contributed by atoms with E-state index in [0.29, 0.717) is 22.6 Å². The van der Waals surface area contributed by atoms with E-state index in [9.17, 15) is 9.18 Å². The van der Waals surface area contributed by atoms with Crippen LogP contribution < -0.4 is 21.7 Å². The Labute approximate surface area is 195 Å². The number of para-hydroxylation sites is 1. The second-order valence-electron chi connectivity index (χ2n) is 7.95. The molecular weight excluding hydrogens is 437 g/mol. The molecule has 1 amide bonds. The largest absolute Gasteiger partial charge is 0.384 e. The molecule has 5 rings (SSSR count). The Morgan fingerprint density at radius 3 is 2.82 bits per heavy atom. The minimum absolute atomic E-state index is 0.0150. The normalized spacial score (nSPS) is 14.8. The highest BCUT2D eigenvalue weighted by Gasteiger charge is 2.21. The maximum atomic E-state index is 14.7. The number of rotatable bonds is 10. The molecule has 0 saturated carbocycles. The van der Waals surface area contributed by atoms with Crippen LogP contribution in [0.15, 0.2) is 60.9 Å². The molecule has 0 radical (unpaired) electrons. The first-order chi connectivity index (χ1) is 16.6. The number of hydrogen-bond donors (Lipinski definition) is 4. The number of carbonyl (C=O) groups is 1. The van der Waals surface area contributed by atoms with Gasteiger partial charge in [-0.2, -0.15) is 4.98 Å². The Balaban J connectivity index is 1.34. The van der Waals surface area contributed by atoms with Crippen molar-refractivity contribution in [3.05, 3.63) is 72.3 Å². The van der Waals surface area contributed by atoms with E-state index in [4.69, 9.17) is 10.5 Å². The lowest BCUT2D eigenvalue weighted by atomic mass is 10.2. The summed E-state index contributed by atoms with van der Waals surface area (Å²) in [5, 5.41) is 10.4. The number of nitrogens with zero attached hydrogens (tertiary/aromatic N) is 3. The fraction of sp³-hybridized carbons (Fsp3) is 0.208. The van der Waals surface area contributed by atoms with Crippen molar-refractivity contribution in [2.45, 2.75) is 6.10 Å². The lowest BCUT2D eigenvalue weighted by Crippen LogP contribution is -2.25. The Morgan fingerprint density at radius 1 is 1.18 bits per heavy atom. The van der Waals surface area contributed by atoms with Crippen LogP contribution in [-0.2, 0) is 4.74 Å². The van der Waals surface area contributed by atoms with Gasteiger partial charge in [0.1, 0.15) is 0 Å². The molecule has 1 saturated heterocycles. The average Bonchev–Trinajstić information content (AvgIpc) is 3.58. The zero-order valence-corrected chi connectivity index (χ0v) is 18.3. The minimum atomic E-state index is -0.623. The summed E-state index contributed by atoms with van der Waals surface area (Å²) in [5.74, 6) is -0.982. The van der Waals surface area contributed by atoms with E-state index in [2.05, 4.69) is 25.9 Å². The quantitative estimate of drug-likeness (QED) is 0.212. The van der Waals surface area contributed by atoms with Gasteiger partial charge < -0.3 is 26.4 Å². The van der Waals surface area contributed by atoms with Gasteiger partial charge >= 0.3 is 0 Å². The molecule has 174 valence electrons. The van der Waals surface area contributed by atoms with Gasteiger partial charge in [0.2, 0.25) is 5.95 Å². The fourth-order valence-corrected chi connectivity index (χ4v) is 3.72. The molecule has 3 heterocycles. The average molecular weight is 462 g/mol. The number of benzene rings is 2. The van der Waals surface area contributed by atoms with Crippen molar-refractivity contribution in [2.24, 2.45) is 5.73 Å². The van der Waals surface area contributed by atoms with E-state index in [1.807, 2.05) is 24.3 Å². The molecule has 0 bridgehead atoms. The highest BCUT2D eigenvalue weighted by molar-refractivity contribution is 6.06. The topological polar surface area (TPSA) is 122 Å². The number of halogens is 1. The van der Waals surface area contributed by atoms with Crippen molar-refractivity contribution in [3.8, 4) is 5.82 Å². The van der Waals surface area contributed by atoms with E-state index >= 15 is 0 Å². The van der Waals surface area contributed by atoms with Crippen LogP contribution in [0.2, 0.25) is 0 Å². The molecule has 1 unspecified atom stereocenters. The predicted octanol–water partition coefficient (Wildman–Crippen LogP) is 2.80. The number of aromatic nitrogens is 3. The van der Waals surface area contributed by atoms with Gasteiger partial charge in [-0.15, -0.1) is 0 Å². The van der Waals surface area contributed by atoms with E-state index in [1.54, 1.807) is 24.3 Å². The molecule has 0 spiro atoms. The van der Waals surface area contributed by atoms with Gasteiger partial charge in [-0.25, -0.2) is 9.37 Å². The van der Waals surface area contributed by atoms with Crippen LogP contribution in [0.3, 0.4) is 0 Å². The summed E-state index contributed by atoms with van der Waals surface area (Å²) in [6.07, 6.45) is 2.96. The fourth-order valence-electron chi connectivity index (χ4n) is 3.72. The van der Waals surface area contributed by atoms with Crippen molar-refractivity contribution in [3.63, 3.8) is 0 Å². The SMILES string of the molecule is NC(=O)c1cn(-c2nc(Nc3cccc(NCCNCC4CO4)c3)ncc2F)c2ccccc12. The number of ether oxygens (including phenoxy) is 1. The summed E-state index contributed by atoms with van der Waals surface area (Å²) in [5.41, 5.74) is 8.10. The maximum absolute atomic E-state index is 14.7. The van der Waals surface area contributed by atoms with Gasteiger partial charge in [0.25, 0.3) is 5.91 Å². The molecule has 4 aromatic rings. The van der Waals surface area contributed by atoms with Crippen LogP contribution in [0.25, 0.3) is 16.7 Å². The molecule has 1 fully saturated rings. The third-order valence-electron chi connectivity index (χ3n) is 5.46. The molecule has 9 nitrogen and oxygen atoms in total. The molecule has 2 aromatic heterocycles. The summed E-state index contributed by atoms with van der Waals surface area (Å²) in [7, 11) is 0. The zero-order chi connectivity index (χ0) is 23.5. The molecule has 1 atom stereocenters. The zero-order valence-electron chi connectivity index (χ0n) is 18.3. The Hall–Kier alpha value is -4.02. The first kappa shape index (κ1) is 21.8. The number of nitrogens with two attached hydrogens (primary N) is 1. The van der Waals surface area contributed by atoms with Gasteiger partial charge in [-0.3, -0.25) is 9.36 Å². The first-order valence-electron chi connectivity index (χ1n) is 10.9. The van der Waals surface area contributed by atoms with Crippen molar-refractivity contribution in [1.82, 2.24) is 19.9 Å². The Morgan fingerprint density at radius 2 is 2.00 bits per heavy atom. The monoisotopic (exact) mass is 461 g/mol. The van der Waals surface area contributed by atoms with Crippen LogP contribution in [0.1, 0.15) is 10.4 Å². The van der Waals surface area contributed by atoms with Crippen LogP contribution in [0, 0.1) is 5.82 Å².